The van der Waals surface area contributed by atoms with E-state index in [-0.39, 0.29) is 0 Å². The van der Waals surface area contributed by atoms with Crippen molar-refractivity contribution in [2.45, 2.75) is 76.3 Å². The normalized spacial score (nSPS) is 27.7. The van der Waals surface area contributed by atoms with Crippen molar-refractivity contribution in [3.05, 3.63) is 0 Å². The van der Waals surface area contributed by atoms with Crippen molar-refractivity contribution >= 4 is 0 Å². The van der Waals surface area contributed by atoms with Gasteiger partial charge < -0.3 is 5.32 Å². The van der Waals surface area contributed by atoms with Gasteiger partial charge in [-0.15, -0.1) is 0 Å². The van der Waals surface area contributed by atoms with Gasteiger partial charge in [0.1, 0.15) is 0 Å². The Hall–Kier alpha value is -0.0400. The second-order valence-electron chi connectivity index (χ2n) is 4.84. The van der Waals surface area contributed by atoms with E-state index >= 15 is 0 Å². The monoisotopic (exact) mass is 181 g/mol. The average Bonchev–Trinajstić information content (AvgIpc) is 2.49. The molecule has 2 rings (SSSR count). The Morgan fingerprint density at radius 3 is 1.38 bits per heavy atom. The highest BCUT2D eigenvalue weighted by Gasteiger charge is 2.19. The SMILES string of the molecule is C1CCCC(NC2CCCC2)CC1. The van der Waals surface area contributed by atoms with Crippen molar-refractivity contribution in [3.63, 3.8) is 0 Å². The number of hydrogen-bond donors (Lipinski definition) is 1. The lowest BCUT2D eigenvalue weighted by Crippen LogP contribution is -2.36. The minimum atomic E-state index is 0.866. The van der Waals surface area contributed by atoms with Crippen LogP contribution < -0.4 is 5.32 Å². The number of rotatable bonds is 2. The molecule has 0 aromatic heterocycles. The zero-order valence-corrected chi connectivity index (χ0v) is 8.73. The van der Waals surface area contributed by atoms with Gasteiger partial charge in [0.2, 0.25) is 0 Å². The Morgan fingerprint density at radius 1 is 0.538 bits per heavy atom. The van der Waals surface area contributed by atoms with Gasteiger partial charge in [0.05, 0.1) is 0 Å². The van der Waals surface area contributed by atoms with E-state index in [0.29, 0.717) is 0 Å². The van der Waals surface area contributed by atoms with Crippen LogP contribution in [-0.2, 0) is 0 Å². The molecular formula is C12H23N. The Bertz CT molecular complexity index is 130. The molecule has 0 aromatic carbocycles. The molecular weight excluding hydrogens is 158 g/mol. The van der Waals surface area contributed by atoms with E-state index in [0.717, 1.165) is 12.1 Å². The minimum Gasteiger partial charge on any atom is -0.311 e. The third kappa shape index (κ3) is 2.98. The summed E-state index contributed by atoms with van der Waals surface area (Å²) < 4.78 is 0. The first kappa shape index (κ1) is 9.51. The molecule has 0 radical (unpaired) electrons. The van der Waals surface area contributed by atoms with E-state index < -0.39 is 0 Å². The fraction of sp³-hybridized carbons (Fsp3) is 1.00. The Labute approximate surface area is 82.3 Å². The molecule has 0 aliphatic heterocycles. The predicted molar refractivity (Wildman–Crippen MR) is 56.9 cm³/mol. The second kappa shape index (κ2) is 4.99. The van der Waals surface area contributed by atoms with Gasteiger partial charge in [-0.3, -0.25) is 0 Å². The summed E-state index contributed by atoms with van der Waals surface area (Å²) in [6.07, 6.45) is 14.6. The molecule has 0 spiro atoms. The molecule has 2 saturated carbocycles. The van der Waals surface area contributed by atoms with Gasteiger partial charge in [-0.05, 0) is 25.7 Å². The lowest BCUT2D eigenvalue weighted by atomic mass is 10.1. The van der Waals surface area contributed by atoms with Gasteiger partial charge in [-0.2, -0.15) is 0 Å². The van der Waals surface area contributed by atoms with Gasteiger partial charge in [-0.1, -0.05) is 38.5 Å². The van der Waals surface area contributed by atoms with Crippen molar-refractivity contribution in [2.24, 2.45) is 0 Å². The molecule has 0 bridgehead atoms. The van der Waals surface area contributed by atoms with Gasteiger partial charge >= 0.3 is 0 Å². The maximum Gasteiger partial charge on any atom is 0.00696 e. The number of nitrogens with one attached hydrogen (secondary N) is 1. The van der Waals surface area contributed by atoms with Crippen LogP contribution in [0.25, 0.3) is 0 Å². The lowest BCUT2D eigenvalue weighted by Gasteiger charge is -2.21. The van der Waals surface area contributed by atoms with E-state index in [9.17, 15) is 0 Å². The largest absolute Gasteiger partial charge is 0.311 e. The van der Waals surface area contributed by atoms with Gasteiger partial charge in [0, 0.05) is 12.1 Å². The standard InChI is InChI=1S/C12H23N/c1-2-4-8-11(7-3-1)13-12-9-5-6-10-12/h11-13H,1-10H2. The maximum atomic E-state index is 3.86. The molecule has 0 aromatic rings. The summed E-state index contributed by atoms with van der Waals surface area (Å²) in [7, 11) is 0. The van der Waals surface area contributed by atoms with E-state index in [1.54, 1.807) is 0 Å². The number of hydrogen-bond acceptors (Lipinski definition) is 1. The highest BCUT2D eigenvalue weighted by atomic mass is 15.0. The van der Waals surface area contributed by atoms with E-state index in [1.807, 2.05) is 0 Å². The first-order valence-corrected chi connectivity index (χ1v) is 6.21. The molecule has 0 amide bonds. The average molecular weight is 181 g/mol. The first-order chi connectivity index (χ1) is 6.45. The summed E-state index contributed by atoms with van der Waals surface area (Å²) in [5.74, 6) is 0. The molecule has 1 N–H and O–H groups in total. The van der Waals surface area contributed by atoms with E-state index in [2.05, 4.69) is 5.32 Å². The third-order valence-electron chi connectivity index (χ3n) is 3.68. The van der Waals surface area contributed by atoms with Gasteiger partial charge in [0.25, 0.3) is 0 Å². The van der Waals surface area contributed by atoms with Crippen LogP contribution >= 0.6 is 0 Å². The van der Waals surface area contributed by atoms with Crippen LogP contribution in [-0.4, -0.2) is 12.1 Å². The predicted octanol–water partition coefficient (Wildman–Crippen LogP) is 3.24. The molecule has 0 unspecified atom stereocenters. The van der Waals surface area contributed by atoms with Gasteiger partial charge in [0.15, 0.2) is 0 Å². The molecule has 13 heavy (non-hydrogen) atoms. The summed E-state index contributed by atoms with van der Waals surface area (Å²) in [6.45, 7) is 0. The molecule has 0 saturated heterocycles. The summed E-state index contributed by atoms with van der Waals surface area (Å²) in [5, 5.41) is 3.86. The molecule has 1 nitrogen and oxygen atoms in total. The topological polar surface area (TPSA) is 12.0 Å². The zero-order valence-electron chi connectivity index (χ0n) is 8.73. The zero-order chi connectivity index (χ0) is 8.93. The first-order valence-electron chi connectivity index (χ1n) is 6.21. The summed E-state index contributed by atoms with van der Waals surface area (Å²) >= 11 is 0. The summed E-state index contributed by atoms with van der Waals surface area (Å²) in [6, 6.07) is 1.74. The summed E-state index contributed by atoms with van der Waals surface area (Å²) in [4.78, 5) is 0. The minimum absolute atomic E-state index is 0.866. The van der Waals surface area contributed by atoms with Crippen molar-refractivity contribution in [1.82, 2.24) is 5.32 Å². The van der Waals surface area contributed by atoms with Crippen molar-refractivity contribution in [3.8, 4) is 0 Å². The second-order valence-corrected chi connectivity index (χ2v) is 4.84. The van der Waals surface area contributed by atoms with Crippen LogP contribution in [0.4, 0.5) is 0 Å². The fourth-order valence-electron chi connectivity index (χ4n) is 2.87. The van der Waals surface area contributed by atoms with Crippen LogP contribution in [0.15, 0.2) is 0 Å². The van der Waals surface area contributed by atoms with E-state index in [4.69, 9.17) is 0 Å². The van der Waals surface area contributed by atoms with Crippen LogP contribution in [0, 0.1) is 0 Å². The van der Waals surface area contributed by atoms with Crippen LogP contribution in [0.3, 0.4) is 0 Å². The molecule has 2 fully saturated rings. The molecule has 1 heteroatoms. The Morgan fingerprint density at radius 2 is 0.923 bits per heavy atom. The Kier molecular flexibility index (Phi) is 3.65. The highest BCUT2D eigenvalue weighted by Crippen LogP contribution is 2.22. The molecule has 0 heterocycles. The fourth-order valence-corrected chi connectivity index (χ4v) is 2.87. The van der Waals surface area contributed by atoms with Crippen LogP contribution in [0.2, 0.25) is 0 Å². The van der Waals surface area contributed by atoms with Crippen molar-refractivity contribution in [1.29, 1.82) is 0 Å². The van der Waals surface area contributed by atoms with Gasteiger partial charge in [-0.25, -0.2) is 0 Å². The maximum absolute atomic E-state index is 3.86. The quantitative estimate of drug-likeness (QED) is 0.645. The van der Waals surface area contributed by atoms with Crippen molar-refractivity contribution < 1.29 is 0 Å². The van der Waals surface area contributed by atoms with E-state index in [1.165, 1.54) is 64.2 Å². The Balaban J connectivity index is 1.71. The van der Waals surface area contributed by atoms with Crippen LogP contribution in [0.1, 0.15) is 64.2 Å². The molecule has 2 aliphatic rings. The molecule has 2 aliphatic carbocycles. The van der Waals surface area contributed by atoms with Crippen molar-refractivity contribution in [2.75, 3.05) is 0 Å². The third-order valence-corrected chi connectivity index (χ3v) is 3.68. The lowest BCUT2D eigenvalue weighted by molar-refractivity contribution is 0.396. The summed E-state index contributed by atoms with van der Waals surface area (Å²) in [5.41, 5.74) is 0. The highest BCUT2D eigenvalue weighted by molar-refractivity contribution is 4.79. The molecule has 76 valence electrons. The van der Waals surface area contributed by atoms with Crippen LogP contribution in [0.5, 0.6) is 0 Å². The molecule has 0 atom stereocenters. The smallest absolute Gasteiger partial charge is 0.00696 e.